The molecule has 0 aliphatic heterocycles. The zero-order valence-corrected chi connectivity index (χ0v) is 12.6. The molecular weight excluding hydrogens is 274 g/mol. The third-order valence-corrected chi connectivity index (χ3v) is 4.59. The number of thioether (sulfide) groups is 1. The van der Waals surface area contributed by atoms with Crippen LogP contribution >= 0.6 is 11.8 Å². The second-order valence-electron chi connectivity index (χ2n) is 5.36. The van der Waals surface area contributed by atoms with Gasteiger partial charge in [0.25, 0.3) is 0 Å². The molecule has 6 nitrogen and oxygen atoms in total. The summed E-state index contributed by atoms with van der Waals surface area (Å²) in [5.74, 6) is 3.05. The molecule has 1 fully saturated rings. The smallest absolute Gasteiger partial charge is 0.239 e. The van der Waals surface area contributed by atoms with E-state index in [2.05, 4.69) is 25.3 Å². The number of rotatable bonds is 5. The first kappa shape index (κ1) is 13.6. The lowest BCUT2D eigenvalue weighted by Crippen LogP contribution is -2.00. The highest BCUT2D eigenvalue weighted by Crippen LogP contribution is 2.32. The van der Waals surface area contributed by atoms with Crippen molar-refractivity contribution in [1.82, 2.24) is 25.3 Å². The van der Waals surface area contributed by atoms with Gasteiger partial charge in [0.05, 0.1) is 5.25 Å². The van der Waals surface area contributed by atoms with Gasteiger partial charge in [-0.1, -0.05) is 42.6 Å². The van der Waals surface area contributed by atoms with E-state index in [0.29, 0.717) is 11.7 Å². The Labute approximate surface area is 122 Å². The number of aryl methyl sites for hydroxylation is 1. The summed E-state index contributed by atoms with van der Waals surface area (Å²) in [6, 6.07) is 0. The highest BCUT2D eigenvalue weighted by atomic mass is 32.2. The second kappa shape index (κ2) is 5.95. The molecule has 3 rings (SSSR count). The number of aromatic amines is 1. The largest absolute Gasteiger partial charge is 0.338 e. The number of hydrogen-bond acceptors (Lipinski definition) is 6. The van der Waals surface area contributed by atoms with Crippen LogP contribution in [0.2, 0.25) is 0 Å². The van der Waals surface area contributed by atoms with E-state index in [4.69, 9.17) is 4.52 Å². The Hall–Kier alpha value is -1.37. The van der Waals surface area contributed by atoms with Gasteiger partial charge in [-0.3, -0.25) is 5.10 Å². The Morgan fingerprint density at radius 2 is 2.15 bits per heavy atom. The Morgan fingerprint density at radius 1 is 1.35 bits per heavy atom. The van der Waals surface area contributed by atoms with Crippen molar-refractivity contribution < 1.29 is 4.52 Å². The van der Waals surface area contributed by atoms with Crippen molar-refractivity contribution in [2.75, 3.05) is 0 Å². The summed E-state index contributed by atoms with van der Waals surface area (Å²) in [7, 11) is 0. The van der Waals surface area contributed by atoms with Crippen molar-refractivity contribution in [1.29, 1.82) is 0 Å². The molecule has 0 saturated heterocycles. The van der Waals surface area contributed by atoms with Crippen LogP contribution in [0.3, 0.4) is 0 Å². The van der Waals surface area contributed by atoms with Crippen LogP contribution in [0, 0.1) is 12.8 Å². The van der Waals surface area contributed by atoms with Gasteiger partial charge in [0.2, 0.25) is 11.0 Å². The van der Waals surface area contributed by atoms with Crippen LogP contribution in [-0.4, -0.2) is 25.3 Å². The minimum absolute atomic E-state index is 0.0614. The maximum atomic E-state index is 5.16. The molecule has 2 heterocycles. The van der Waals surface area contributed by atoms with Gasteiger partial charge in [0.1, 0.15) is 5.82 Å². The number of nitrogens with zero attached hydrogens (tertiary/aromatic N) is 4. The summed E-state index contributed by atoms with van der Waals surface area (Å²) < 4.78 is 5.16. The van der Waals surface area contributed by atoms with E-state index in [1.165, 1.54) is 37.4 Å². The number of H-pyrrole nitrogens is 1. The normalized spacial score (nSPS) is 17.7. The molecule has 0 amide bonds. The summed E-state index contributed by atoms with van der Waals surface area (Å²) in [6.45, 7) is 3.83. The van der Waals surface area contributed by atoms with Gasteiger partial charge in [0, 0.05) is 6.42 Å². The van der Waals surface area contributed by atoms with Gasteiger partial charge in [0.15, 0.2) is 5.82 Å². The molecule has 0 spiro atoms. The maximum absolute atomic E-state index is 5.16. The molecule has 0 radical (unpaired) electrons. The fourth-order valence-electron chi connectivity index (χ4n) is 2.60. The standard InChI is InChI=1S/C13H19N5OS/c1-8(12-14-9(2)18-19-12)20-13-15-11(16-17-13)7-10-5-3-4-6-10/h8,10H,3-7H2,1-2H3,(H,15,16,17). The molecule has 1 aliphatic rings. The molecule has 0 bridgehead atoms. The van der Waals surface area contributed by atoms with Gasteiger partial charge in [-0.2, -0.15) is 4.98 Å². The lowest BCUT2D eigenvalue weighted by atomic mass is 10.0. The topological polar surface area (TPSA) is 80.5 Å². The SMILES string of the molecule is Cc1noc(C(C)Sc2n[nH]c(CC3CCCC3)n2)n1. The Morgan fingerprint density at radius 3 is 2.85 bits per heavy atom. The average molecular weight is 293 g/mol. The zero-order valence-electron chi connectivity index (χ0n) is 11.8. The molecule has 1 N–H and O–H groups in total. The van der Waals surface area contributed by atoms with E-state index < -0.39 is 0 Å². The van der Waals surface area contributed by atoms with E-state index >= 15 is 0 Å². The van der Waals surface area contributed by atoms with E-state index in [0.717, 1.165) is 23.3 Å². The molecule has 7 heteroatoms. The number of nitrogens with one attached hydrogen (secondary N) is 1. The van der Waals surface area contributed by atoms with Gasteiger partial charge >= 0.3 is 0 Å². The van der Waals surface area contributed by atoms with E-state index in [9.17, 15) is 0 Å². The minimum Gasteiger partial charge on any atom is -0.338 e. The molecular formula is C13H19N5OS. The highest BCUT2D eigenvalue weighted by Gasteiger charge is 2.19. The summed E-state index contributed by atoms with van der Waals surface area (Å²) in [4.78, 5) is 8.78. The minimum atomic E-state index is 0.0614. The summed E-state index contributed by atoms with van der Waals surface area (Å²) in [6.07, 6.45) is 6.37. The fraction of sp³-hybridized carbons (Fsp3) is 0.692. The van der Waals surface area contributed by atoms with Crippen molar-refractivity contribution in [2.24, 2.45) is 5.92 Å². The molecule has 2 aromatic rings. The van der Waals surface area contributed by atoms with Crippen LogP contribution in [0.5, 0.6) is 0 Å². The van der Waals surface area contributed by atoms with E-state index in [1.807, 2.05) is 13.8 Å². The van der Waals surface area contributed by atoms with Crippen molar-refractivity contribution >= 4 is 11.8 Å². The number of aromatic nitrogens is 5. The number of hydrogen-bond donors (Lipinski definition) is 1. The Balaban J connectivity index is 1.59. The first-order chi connectivity index (χ1) is 9.70. The molecule has 1 saturated carbocycles. The summed E-state index contributed by atoms with van der Waals surface area (Å²) in [5, 5.41) is 11.9. The van der Waals surface area contributed by atoms with E-state index in [1.54, 1.807) is 0 Å². The van der Waals surface area contributed by atoms with E-state index in [-0.39, 0.29) is 5.25 Å². The van der Waals surface area contributed by atoms with Crippen LogP contribution in [0.1, 0.15) is 55.4 Å². The van der Waals surface area contributed by atoms with Crippen LogP contribution < -0.4 is 0 Å². The predicted molar refractivity (Wildman–Crippen MR) is 75.4 cm³/mol. The van der Waals surface area contributed by atoms with Crippen LogP contribution in [0.25, 0.3) is 0 Å². The zero-order chi connectivity index (χ0) is 13.9. The van der Waals surface area contributed by atoms with Crippen LogP contribution in [0.4, 0.5) is 0 Å². The predicted octanol–water partition coefficient (Wildman–Crippen LogP) is 3.08. The first-order valence-electron chi connectivity index (χ1n) is 7.09. The van der Waals surface area contributed by atoms with Crippen molar-refractivity contribution in [2.45, 2.75) is 56.4 Å². The second-order valence-corrected chi connectivity index (χ2v) is 6.67. The lowest BCUT2D eigenvalue weighted by molar-refractivity contribution is 0.376. The Bertz CT molecular complexity index is 561. The highest BCUT2D eigenvalue weighted by molar-refractivity contribution is 7.99. The molecule has 1 unspecified atom stereocenters. The maximum Gasteiger partial charge on any atom is 0.239 e. The van der Waals surface area contributed by atoms with Crippen LogP contribution in [-0.2, 0) is 6.42 Å². The average Bonchev–Trinajstić information content (AvgIpc) is 3.13. The first-order valence-corrected chi connectivity index (χ1v) is 7.97. The monoisotopic (exact) mass is 293 g/mol. The lowest BCUT2D eigenvalue weighted by Gasteiger charge is -2.04. The summed E-state index contributed by atoms with van der Waals surface area (Å²) in [5.41, 5.74) is 0. The Kier molecular flexibility index (Phi) is 4.05. The van der Waals surface area contributed by atoms with Crippen molar-refractivity contribution in [3.63, 3.8) is 0 Å². The quantitative estimate of drug-likeness (QED) is 0.853. The third-order valence-electron chi connectivity index (χ3n) is 3.64. The van der Waals surface area contributed by atoms with Crippen molar-refractivity contribution in [3.05, 3.63) is 17.5 Å². The van der Waals surface area contributed by atoms with Gasteiger partial charge in [-0.05, 0) is 19.8 Å². The fourth-order valence-corrected chi connectivity index (χ4v) is 3.37. The summed E-state index contributed by atoms with van der Waals surface area (Å²) >= 11 is 1.54. The molecule has 1 atom stereocenters. The van der Waals surface area contributed by atoms with Crippen LogP contribution in [0.15, 0.2) is 9.68 Å². The molecule has 1 aliphatic carbocycles. The third kappa shape index (κ3) is 3.20. The van der Waals surface area contributed by atoms with Gasteiger partial charge in [-0.15, -0.1) is 5.10 Å². The van der Waals surface area contributed by atoms with Gasteiger partial charge in [-0.25, -0.2) is 4.98 Å². The molecule has 20 heavy (non-hydrogen) atoms. The molecule has 2 aromatic heterocycles. The molecule has 0 aromatic carbocycles. The van der Waals surface area contributed by atoms with Crippen molar-refractivity contribution in [3.8, 4) is 0 Å². The molecule has 108 valence electrons. The van der Waals surface area contributed by atoms with Gasteiger partial charge < -0.3 is 4.52 Å².